The quantitative estimate of drug-likeness (QED) is 0.574. The van der Waals surface area contributed by atoms with Crippen LogP contribution in [0.5, 0.6) is 0 Å². The second-order valence-corrected chi connectivity index (χ2v) is 3.82. The lowest BCUT2D eigenvalue weighted by Crippen LogP contribution is -2.47. The summed E-state index contributed by atoms with van der Waals surface area (Å²) in [7, 11) is 1.45. The van der Waals surface area contributed by atoms with Gasteiger partial charge in [0.1, 0.15) is 5.41 Å². The van der Waals surface area contributed by atoms with Gasteiger partial charge in [0.25, 0.3) is 0 Å². The van der Waals surface area contributed by atoms with Gasteiger partial charge < -0.3 is 14.8 Å². The van der Waals surface area contributed by atoms with E-state index in [1.807, 2.05) is 0 Å². The molecule has 74 valence electrons. The zero-order chi connectivity index (χ0) is 9.31. The molecule has 0 aliphatic carbocycles. The molecule has 0 bridgehead atoms. The predicted octanol–water partition coefficient (Wildman–Crippen LogP) is -0.215. The largest absolute Gasteiger partial charge is 0.468 e. The van der Waals surface area contributed by atoms with Crippen LogP contribution >= 0.6 is 0 Å². The fourth-order valence-corrected chi connectivity index (χ4v) is 2.34. The lowest BCUT2D eigenvalue weighted by atomic mass is 9.76. The number of esters is 1. The first-order valence-electron chi connectivity index (χ1n) is 4.66. The summed E-state index contributed by atoms with van der Waals surface area (Å²) in [5, 5.41) is 3.24. The van der Waals surface area contributed by atoms with Gasteiger partial charge in [-0.2, -0.15) is 0 Å². The van der Waals surface area contributed by atoms with Crippen LogP contribution in [-0.2, 0) is 14.3 Å². The summed E-state index contributed by atoms with van der Waals surface area (Å²) in [6.07, 6.45) is 0.960. The van der Waals surface area contributed by atoms with Crippen molar-refractivity contribution in [3.05, 3.63) is 0 Å². The molecular formula is C9H15NO3. The van der Waals surface area contributed by atoms with E-state index in [-0.39, 0.29) is 5.97 Å². The van der Waals surface area contributed by atoms with Crippen LogP contribution < -0.4 is 5.32 Å². The average molecular weight is 185 g/mol. The van der Waals surface area contributed by atoms with Gasteiger partial charge in [-0.3, -0.25) is 4.79 Å². The van der Waals surface area contributed by atoms with Crippen LogP contribution in [0.3, 0.4) is 0 Å². The molecule has 0 spiro atoms. The molecule has 2 fully saturated rings. The molecule has 0 aromatic heterocycles. The van der Waals surface area contributed by atoms with E-state index in [2.05, 4.69) is 5.32 Å². The van der Waals surface area contributed by atoms with E-state index < -0.39 is 5.41 Å². The molecule has 2 atom stereocenters. The van der Waals surface area contributed by atoms with E-state index >= 15 is 0 Å². The number of fused-ring (bicyclic) bond motifs is 1. The molecule has 0 aromatic carbocycles. The van der Waals surface area contributed by atoms with Crippen molar-refractivity contribution in [1.82, 2.24) is 5.32 Å². The second-order valence-electron chi connectivity index (χ2n) is 3.82. The average Bonchev–Trinajstić information content (AvgIpc) is 2.61. The molecule has 0 radical (unpaired) electrons. The number of rotatable bonds is 1. The van der Waals surface area contributed by atoms with E-state index in [0.717, 1.165) is 19.6 Å². The Morgan fingerprint density at radius 2 is 2.54 bits per heavy atom. The van der Waals surface area contributed by atoms with Gasteiger partial charge in [-0.05, 0) is 18.9 Å². The fourth-order valence-electron chi connectivity index (χ4n) is 2.34. The monoisotopic (exact) mass is 185 g/mol. The Kier molecular flexibility index (Phi) is 2.26. The number of ether oxygens (including phenoxy) is 2. The van der Waals surface area contributed by atoms with Crippen molar-refractivity contribution in [2.45, 2.75) is 6.42 Å². The molecule has 0 saturated carbocycles. The molecule has 1 N–H and O–H groups in total. The number of carbonyl (C=O) groups is 1. The number of nitrogens with one attached hydrogen (secondary N) is 1. The normalized spacial score (nSPS) is 38.4. The molecule has 0 unspecified atom stereocenters. The summed E-state index contributed by atoms with van der Waals surface area (Å²) >= 11 is 0. The molecule has 2 saturated heterocycles. The Morgan fingerprint density at radius 3 is 3.31 bits per heavy atom. The smallest absolute Gasteiger partial charge is 0.315 e. The van der Waals surface area contributed by atoms with Crippen molar-refractivity contribution in [2.24, 2.45) is 11.3 Å². The van der Waals surface area contributed by atoms with Gasteiger partial charge in [-0.15, -0.1) is 0 Å². The first kappa shape index (κ1) is 8.97. The van der Waals surface area contributed by atoms with Crippen molar-refractivity contribution in [3.63, 3.8) is 0 Å². The van der Waals surface area contributed by atoms with Crippen LogP contribution in [0.25, 0.3) is 0 Å². The molecule has 2 rings (SSSR count). The summed E-state index contributed by atoms with van der Waals surface area (Å²) in [5.41, 5.74) is -0.396. The Hall–Kier alpha value is -0.610. The molecule has 2 aliphatic heterocycles. The van der Waals surface area contributed by atoms with Crippen molar-refractivity contribution in [1.29, 1.82) is 0 Å². The highest BCUT2D eigenvalue weighted by Crippen LogP contribution is 2.38. The van der Waals surface area contributed by atoms with E-state index in [9.17, 15) is 4.79 Å². The van der Waals surface area contributed by atoms with Gasteiger partial charge >= 0.3 is 5.97 Å². The molecule has 4 nitrogen and oxygen atoms in total. The SMILES string of the molecule is COC(=O)[C@]12CNC[C@H]1CCOC2. The minimum Gasteiger partial charge on any atom is -0.468 e. The zero-order valence-electron chi connectivity index (χ0n) is 7.84. The maximum absolute atomic E-state index is 11.6. The Labute approximate surface area is 77.6 Å². The van der Waals surface area contributed by atoms with E-state index in [4.69, 9.17) is 9.47 Å². The lowest BCUT2D eigenvalue weighted by Gasteiger charge is -2.35. The summed E-state index contributed by atoms with van der Waals surface area (Å²) in [5.74, 6) is 0.274. The van der Waals surface area contributed by atoms with Gasteiger partial charge in [-0.25, -0.2) is 0 Å². The predicted molar refractivity (Wildman–Crippen MR) is 46.2 cm³/mol. The molecular weight excluding hydrogens is 170 g/mol. The third kappa shape index (κ3) is 1.25. The minimum atomic E-state index is -0.396. The van der Waals surface area contributed by atoms with Gasteiger partial charge in [0.05, 0.1) is 13.7 Å². The maximum Gasteiger partial charge on any atom is 0.315 e. The van der Waals surface area contributed by atoms with Crippen molar-refractivity contribution >= 4 is 5.97 Å². The molecule has 13 heavy (non-hydrogen) atoms. The number of methoxy groups -OCH3 is 1. The summed E-state index contributed by atoms with van der Waals surface area (Å²) in [6.45, 7) is 2.89. The van der Waals surface area contributed by atoms with E-state index in [0.29, 0.717) is 19.1 Å². The minimum absolute atomic E-state index is 0.123. The van der Waals surface area contributed by atoms with Crippen molar-refractivity contribution in [2.75, 3.05) is 33.4 Å². The Balaban J connectivity index is 2.20. The van der Waals surface area contributed by atoms with Crippen molar-refractivity contribution in [3.8, 4) is 0 Å². The highest BCUT2D eigenvalue weighted by Gasteiger charge is 2.51. The van der Waals surface area contributed by atoms with Crippen LogP contribution in [0, 0.1) is 11.3 Å². The maximum atomic E-state index is 11.6. The highest BCUT2D eigenvalue weighted by molar-refractivity contribution is 5.78. The van der Waals surface area contributed by atoms with Crippen LogP contribution in [0.1, 0.15) is 6.42 Å². The number of hydrogen-bond acceptors (Lipinski definition) is 4. The first-order chi connectivity index (χ1) is 6.29. The van der Waals surface area contributed by atoms with Gasteiger partial charge in [0.15, 0.2) is 0 Å². The Bertz CT molecular complexity index is 219. The highest BCUT2D eigenvalue weighted by atomic mass is 16.5. The van der Waals surface area contributed by atoms with Gasteiger partial charge in [-0.1, -0.05) is 0 Å². The van der Waals surface area contributed by atoms with Crippen LogP contribution in [0.15, 0.2) is 0 Å². The van der Waals surface area contributed by atoms with E-state index in [1.165, 1.54) is 7.11 Å². The zero-order valence-corrected chi connectivity index (χ0v) is 7.84. The van der Waals surface area contributed by atoms with Crippen LogP contribution in [-0.4, -0.2) is 39.4 Å². The second kappa shape index (κ2) is 3.27. The summed E-state index contributed by atoms with van der Waals surface area (Å²) < 4.78 is 10.2. The number of carbonyl (C=O) groups excluding carboxylic acids is 1. The third-order valence-electron chi connectivity index (χ3n) is 3.17. The van der Waals surface area contributed by atoms with Crippen molar-refractivity contribution < 1.29 is 14.3 Å². The van der Waals surface area contributed by atoms with Gasteiger partial charge in [0.2, 0.25) is 0 Å². The Morgan fingerprint density at radius 1 is 1.69 bits per heavy atom. The number of hydrogen-bond donors (Lipinski definition) is 1. The van der Waals surface area contributed by atoms with Gasteiger partial charge in [0, 0.05) is 13.2 Å². The topological polar surface area (TPSA) is 47.6 Å². The lowest BCUT2D eigenvalue weighted by molar-refractivity contribution is -0.163. The van der Waals surface area contributed by atoms with E-state index in [1.54, 1.807) is 0 Å². The van der Waals surface area contributed by atoms with Crippen LogP contribution in [0.4, 0.5) is 0 Å². The third-order valence-corrected chi connectivity index (χ3v) is 3.17. The molecule has 2 aliphatic rings. The van der Waals surface area contributed by atoms with Crippen LogP contribution in [0.2, 0.25) is 0 Å². The standard InChI is InChI=1S/C9H15NO3/c1-12-8(11)9-5-10-4-7(9)2-3-13-6-9/h7,10H,2-6H2,1H3/t7-,9+/m1/s1. The fraction of sp³-hybridized carbons (Fsp3) is 0.889. The molecule has 2 heterocycles. The molecule has 0 amide bonds. The molecule has 0 aromatic rings. The summed E-state index contributed by atoms with van der Waals surface area (Å²) in [6, 6.07) is 0. The first-order valence-corrected chi connectivity index (χ1v) is 4.66. The summed E-state index contributed by atoms with van der Waals surface area (Å²) in [4.78, 5) is 11.6. The molecule has 4 heteroatoms.